The lowest BCUT2D eigenvalue weighted by Crippen LogP contribution is -1.88. The van der Waals surface area contributed by atoms with Crippen LogP contribution in [0, 0.1) is 11.3 Å². The van der Waals surface area contributed by atoms with Gasteiger partial charge in [-0.2, -0.15) is 5.26 Å². The van der Waals surface area contributed by atoms with Gasteiger partial charge in [-0.15, -0.1) is 0 Å². The third-order valence-electron chi connectivity index (χ3n) is 7.31. The summed E-state index contributed by atoms with van der Waals surface area (Å²) in [6.07, 6.45) is 1.86. The standard InChI is InChI=1S/C36H22N2/c37-23-24-10-12-25(13-11-24)34-21-27-5-1-2-6-28(27)22-35(34)32-17-15-29-19-31(16-14-30(29)20-32)33-9-3-7-26-8-4-18-38-36(26)33/h1-22H. The first-order valence-corrected chi connectivity index (χ1v) is 12.7. The Morgan fingerprint density at radius 3 is 1.68 bits per heavy atom. The van der Waals surface area contributed by atoms with Crippen molar-refractivity contribution >= 4 is 32.4 Å². The van der Waals surface area contributed by atoms with Gasteiger partial charge in [0.1, 0.15) is 0 Å². The zero-order valence-corrected chi connectivity index (χ0v) is 20.6. The largest absolute Gasteiger partial charge is 0.256 e. The van der Waals surface area contributed by atoms with Crippen molar-refractivity contribution in [2.45, 2.75) is 0 Å². The molecule has 0 aliphatic heterocycles. The quantitative estimate of drug-likeness (QED) is 0.251. The average Bonchev–Trinajstić information content (AvgIpc) is 2.99. The summed E-state index contributed by atoms with van der Waals surface area (Å²) in [7, 11) is 0. The van der Waals surface area contributed by atoms with E-state index in [-0.39, 0.29) is 0 Å². The Kier molecular flexibility index (Phi) is 5.20. The van der Waals surface area contributed by atoms with Crippen molar-refractivity contribution in [2.75, 3.05) is 0 Å². The number of hydrogen-bond acceptors (Lipinski definition) is 2. The number of pyridine rings is 1. The van der Waals surface area contributed by atoms with Crippen molar-refractivity contribution in [2.24, 2.45) is 0 Å². The van der Waals surface area contributed by atoms with E-state index in [1.54, 1.807) is 0 Å². The third-order valence-corrected chi connectivity index (χ3v) is 7.31. The molecular weight excluding hydrogens is 460 g/mol. The summed E-state index contributed by atoms with van der Waals surface area (Å²) in [5.74, 6) is 0. The smallest absolute Gasteiger partial charge is 0.0991 e. The summed E-state index contributed by atoms with van der Waals surface area (Å²) in [5.41, 5.74) is 8.60. The van der Waals surface area contributed by atoms with Crippen molar-refractivity contribution in [3.63, 3.8) is 0 Å². The van der Waals surface area contributed by atoms with Gasteiger partial charge in [-0.25, -0.2) is 0 Å². The van der Waals surface area contributed by atoms with Crippen LogP contribution in [0.2, 0.25) is 0 Å². The number of benzene rings is 6. The second-order valence-electron chi connectivity index (χ2n) is 9.59. The first-order chi connectivity index (χ1) is 18.8. The van der Waals surface area contributed by atoms with E-state index in [4.69, 9.17) is 0 Å². The van der Waals surface area contributed by atoms with Gasteiger partial charge in [0.25, 0.3) is 0 Å². The number of nitrogens with zero attached hydrogens (tertiary/aromatic N) is 2. The summed E-state index contributed by atoms with van der Waals surface area (Å²) >= 11 is 0. The van der Waals surface area contributed by atoms with Crippen molar-refractivity contribution in [3.05, 3.63) is 139 Å². The van der Waals surface area contributed by atoms with E-state index in [9.17, 15) is 5.26 Å². The van der Waals surface area contributed by atoms with Gasteiger partial charge in [0, 0.05) is 17.1 Å². The number of para-hydroxylation sites is 1. The fourth-order valence-corrected chi connectivity index (χ4v) is 5.36. The van der Waals surface area contributed by atoms with Crippen LogP contribution in [0.15, 0.2) is 134 Å². The first kappa shape index (κ1) is 22.0. The number of aromatic nitrogens is 1. The van der Waals surface area contributed by atoms with Gasteiger partial charge in [0.15, 0.2) is 0 Å². The van der Waals surface area contributed by atoms with Crippen LogP contribution >= 0.6 is 0 Å². The topological polar surface area (TPSA) is 36.7 Å². The molecule has 1 heterocycles. The Morgan fingerprint density at radius 1 is 0.447 bits per heavy atom. The summed E-state index contributed by atoms with van der Waals surface area (Å²) in [5, 5.41) is 15.2. The molecule has 0 aliphatic rings. The van der Waals surface area contributed by atoms with Crippen LogP contribution in [0.5, 0.6) is 0 Å². The molecule has 2 heteroatoms. The highest BCUT2D eigenvalue weighted by Gasteiger charge is 2.12. The van der Waals surface area contributed by atoms with Gasteiger partial charge < -0.3 is 0 Å². The van der Waals surface area contributed by atoms with Crippen LogP contribution in [0.1, 0.15) is 5.56 Å². The maximum atomic E-state index is 9.26. The molecule has 38 heavy (non-hydrogen) atoms. The fourth-order valence-electron chi connectivity index (χ4n) is 5.36. The van der Waals surface area contributed by atoms with Crippen LogP contribution < -0.4 is 0 Å². The number of rotatable bonds is 3. The molecule has 6 aromatic carbocycles. The van der Waals surface area contributed by atoms with Crippen molar-refractivity contribution in [1.29, 1.82) is 5.26 Å². The lowest BCUT2D eigenvalue weighted by molar-refractivity contribution is 1.41. The highest BCUT2D eigenvalue weighted by atomic mass is 14.6. The predicted octanol–water partition coefficient (Wildman–Crippen LogP) is 9.41. The normalized spacial score (nSPS) is 11.1. The van der Waals surface area contributed by atoms with Gasteiger partial charge in [-0.05, 0) is 91.8 Å². The molecule has 0 bridgehead atoms. The lowest BCUT2D eigenvalue weighted by Gasteiger charge is -2.14. The van der Waals surface area contributed by atoms with Gasteiger partial charge in [-0.1, -0.05) is 84.9 Å². The van der Waals surface area contributed by atoms with Gasteiger partial charge in [0.05, 0.1) is 17.1 Å². The molecule has 0 amide bonds. The van der Waals surface area contributed by atoms with Crippen LogP contribution in [-0.4, -0.2) is 4.98 Å². The molecule has 1 aromatic heterocycles. The molecule has 0 fully saturated rings. The molecule has 0 saturated heterocycles. The van der Waals surface area contributed by atoms with E-state index < -0.39 is 0 Å². The molecule has 0 spiro atoms. The molecule has 0 N–H and O–H groups in total. The molecule has 0 saturated carbocycles. The highest BCUT2D eigenvalue weighted by Crippen LogP contribution is 2.38. The molecule has 176 valence electrons. The van der Waals surface area contributed by atoms with Crippen LogP contribution in [-0.2, 0) is 0 Å². The molecule has 2 nitrogen and oxygen atoms in total. The van der Waals surface area contributed by atoms with E-state index in [0.717, 1.165) is 27.6 Å². The van der Waals surface area contributed by atoms with E-state index in [1.165, 1.54) is 38.2 Å². The monoisotopic (exact) mass is 482 g/mol. The molecule has 0 aliphatic carbocycles. The summed E-state index contributed by atoms with van der Waals surface area (Å²) in [4.78, 5) is 4.65. The Hall–Kier alpha value is -5.26. The molecule has 7 aromatic rings. The second kappa shape index (κ2) is 9.00. The van der Waals surface area contributed by atoms with E-state index >= 15 is 0 Å². The van der Waals surface area contributed by atoms with Crippen molar-refractivity contribution < 1.29 is 0 Å². The molecular formula is C36H22N2. The minimum absolute atomic E-state index is 0.666. The Morgan fingerprint density at radius 2 is 1.00 bits per heavy atom. The number of hydrogen-bond donors (Lipinski definition) is 0. The fraction of sp³-hybridized carbons (Fsp3) is 0. The minimum Gasteiger partial charge on any atom is -0.256 e. The zero-order valence-electron chi connectivity index (χ0n) is 20.6. The Labute approximate surface area is 221 Å². The highest BCUT2D eigenvalue weighted by molar-refractivity contribution is 6.00. The van der Waals surface area contributed by atoms with E-state index in [0.29, 0.717) is 5.56 Å². The zero-order chi connectivity index (χ0) is 25.5. The van der Waals surface area contributed by atoms with E-state index in [1.807, 2.05) is 36.5 Å². The Bertz CT molecular complexity index is 2020. The predicted molar refractivity (Wildman–Crippen MR) is 158 cm³/mol. The van der Waals surface area contributed by atoms with Crippen LogP contribution in [0.25, 0.3) is 65.8 Å². The van der Waals surface area contributed by atoms with Gasteiger partial charge >= 0.3 is 0 Å². The van der Waals surface area contributed by atoms with Crippen molar-refractivity contribution in [1.82, 2.24) is 4.98 Å². The Balaban J connectivity index is 1.37. The molecule has 0 atom stereocenters. The first-order valence-electron chi connectivity index (χ1n) is 12.7. The van der Waals surface area contributed by atoms with Crippen LogP contribution in [0.3, 0.4) is 0 Å². The third kappa shape index (κ3) is 3.79. The summed E-state index contributed by atoms with van der Waals surface area (Å²) in [6, 6.07) is 46.9. The lowest BCUT2D eigenvalue weighted by atomic mass is 9.90. The SMILES string of the molecule is N#Cc1ccc(-c2cc3ccccc3cc2-c2ccc3cc(-c4cccc5cccnc45)ccc3c2)cc1. The molecule has 0 radical (unpaired) electrons. The van der Waals surface area contributed by atoms with Crippen LogP contribution in [0.4, 0.5) is 0 Å². The molecule has 0 unspecified atom stereocenters. The summed E-state index contributed by atoms with van der Waals surface area (Å²) in [6.45, 7) is 0. The van der Waals surface area contributed by atoms with Gasteiger partial charge in [-0.3, -0.25) is 4.98 Å². The maximum absolute atomic E-state index is 9.26. The van der Waals surface area contributed by atoms with Crippen molar-refractivity contribution in [3.8, 4) is 39.4 Å². The van der Waals surface area contributed by atoms with E-state index in [2.05, 4.69) is 108 Å². The second-order valence-corrected chi connectivity index (χ2v) is 9.59. The number of fused-ring (bicyclic) bond motifs is 3. The molecule has 7 rings (SSSR count). The summed E-state index contributed by atoms with van der Waals surface area (Å²) < 4.78 is 0. The maximum Gasteiger partial charge on any atom is 0.0991 e. The average molecular weight is 483 g/mol. The minimum atomic E-state index is 0.666. The van der Waals surface area contributed by atoms with Gasteiger partial charge in [0.2, 0.25) is 0 Å². The number of nitriles is 1.